The van der Waals surface area contributed by atoms with E-state index in [1.807, 2.05) is 37.3 Å². The molecule has 0 saturated carbocycles. The number of carbonyl (C=O) groups is 1. The third-order valence-corrected chi connectivity index (χ3v) is 8.94. The van der Waals surface area contributed by atoms with Crippen LogP contribution >= 0.6 is 22.7 Å². The minimum Gasteiger partial charge on any atom is -0.494 e. The Morgan fingerprint density at radius 1 is 1.05 bits per heavy atom. The third-order valence-electron chi connectivity index (χ3n) is 6.77. The largest absolute Gasteiger partial charge is 0.494 e. The van der Waals surface area contributed by atoms with Crippen molar-refractivity contribution in [2.75, 3.05) is 24.6 Å². The molecule has 0 unspecified atom stereocenters. The van der Waals surface area contributed by atoms with Gasteiger partial charge in [0, 0.05) is 29.2 Å². The number of fused-ring (bicyclic) bond motifs is 2. The van der Waals surface area contributed by atoms with E-state index >= 15 is 0 Å². The standard InChI is InChI=1S/C30H32N4O2S2/c1-5-7-16-36-24-11-8-21(9-12-24)28(20(4)35)19(3)26-18-27-29(37-26)31-30(38-27)33-32-23-10-13-25-22(17-23)14-15-34(25)6-2/h8-13,17-18H,5-7,14-16H2,1-4H3/b28-19+,33-32+. The molecule has 3 heterocycles. The average molecular weight is 545 g/mol. The zero-order valence-electron chi connectivity index (χ0n) is 22.3. The van der Waals surface area contributed by atoms with Crippen LogP contribution in [0, 0.1) is 0 Å². The number of rotatable bonds is 10. The van der Waals surface area contributed by atoms with Crippen molar-refractivity contribution < 1.29 is 9.53 Å². The van der Waals surface area contributed by atoms with Gasteiger partial charge in [-0.15, -0.1) is 21.6 Å². The third kappa shape index (κ3) is 5.56. The molecule has 0 aliphatic carbocycles. The van der Waals surface area contributed by atoms with E-state index in [4.69, 9.17) is 9.72 Å². The van der Waals surface area contributed by atoms with Gasteiger partial charge in [0.25, 0.3) is 0 Å². The van der Waals surface area contributed by atoms with Crippen molar-refractivity contribution in [2.45, 2.75) is 47.0 Å². The summed E-state index contributed by atoms with van der Waals surface area (Å²) in [5.41, 5.74) is 6.06. The smallest absolute Gasteiger partial charge is 0.231 e. The van der Waals surface area contributed by atoms with Gasteiger partial charge in [0.2, 0.25) is 5.13 Å². The number of thiophene rings is 1. The molecular weight excluding hydrogens is 512 g/mol. The quantitative estimate of drug-likeness (QED) is 0.114. The van der Waals surface area contributed by atoms with E-state index in [0.717, 1.165) is 74.9 Å². The van der Waals surface area contributed by atoms with Crippen LogP contribution in [0.3, 0.4) is 0 Å². The second-order valence-corrected chi connectivity index (χ2v) is 11.4. The number of azo groups is 1. The zero-order valence-corrected chi connectivity index (χ0v) is 23.9. The van der Waals surface area contributed by atoms with Crippen molar-refractivity contribution in [3.63, 3.8) is 0 Å². The van der Waals surface area contributed by atoms with E-state index in [2.05, 4.69) is 47.2 Å². The van der Waals surface area contributed by atoms with Crippen molar-refractivity contribution in [2.24, 2.45) is 10.2 Å². The number of allylic oxidation sites excluding steroid dienone is 2. The highest BCUT2D eigenvalue weighted by Gasteiger charge is 2.18. The number of Topliss-reactive ketones (excluding diaryl/α,β-unsaturated/α-hetero) is 1. The number of carbonyl (C=O) groups excluding carboxylic acids is 1. The molecule has 0 atom stereocenters. The van der Waals surface area contributed by atoms with Gasteiger partial charge in [-0.1, -0.05) is 36.8 Å². The molecule has 4 aromatic rings. The van der Waals surface area contributed by atoms with Gasteiger partial charge in [-0.2, -0.15) is 0 Å². The normalized spacial score (nSPS) is 13.8. The summed E-state index contributed by atoms with van der Waals surface area (Å²) in [7, 11) is 0. The van der Waals surface area contributed by atoms with Crippen LogP contribution in [0.25, 0.3) is 20.7 Å². The van der Waals surface area contributed by atoms with Crippen molar-refractivity contribution in [1.29, 1.82) is 0 Å². The van der Waals surface area contributed by atoms with Crippen LogP contribution in [-0.2, 0) is 11.2 Å². The molecule has 2 aromatic carbocycles. The Kier molecular flexibility index (Phi) is 8.00. The zero-order chi connectivity index (χ0) is 26.6. The number of nitrogens with zero attached hydrogens (tertiary/aromatic N) is 4. The first kappa shape index (κ1) is 26.3. The fourth-order valence-electron chi connectivity index (χ4n) is 4.76. The van der Waals surface area contributed by atoms with Crippen LogP contribution in [0.2, 0.25) is 0 Å². The topological polar surface area (TPSA) is 67.2 Å². The van der Waals surface area contributed by atoms with Crippen molar-refractivity contribution in [3.8, 4) is 5.75 Å². The van der Waals surface area contributed by atoms with Gasteiger partial charge in [-0.25, -0.2) is 4.98 Å². The van der Waals surface area contributed by atoms with Gasteiger partial charge in [0.1, 0.15) is 10.6 Å². The number of likely N-dealkylation sites (N-methyl/N-ethyl adjacent to an activating group) is 1. The summed E-state index contributed by atoms with van der Waals surface area (Å²) >= 11 is 3.10. The summed E-state index contributed by atoms with van der Waals surface area (Å²) in [6.45, 7) is 10.7. The first-order valence-electron chi connectivity index (χ1n) is 13.1. The van der Waals surface area contributed by atoms with Gasteiger partial charge in [-0.05, 0) is 86.7 Å². The molecule has 6 nitrogen and oxygen atoms in total. The number of hydrogen-bond donors (Lipinski definition) is 0. The number of hydrogen-bond acceptors (Lipinski definition) is 8. The lowest BCUT2D eigenvalue weighted by atomic mass is 9.96. The molecule has 38 heavy (non-hydrogen) atoms. The predicted octanol–water partition coefficient (Wildman–Crippen LogP) is 8.85. The van der Waals surface area contributed by atoms with Gasteiger partial charge < -0.3 is 9.64 Å². The van der Waals surface area contributed by atoms with E-state index in [1.54, 1.807) is 18.3 Å². The van der Waals surface area contributed by atoms with Gasteiger partial charge in [0.05, 0.1) is 17.0 Å². The lowest BCUT2D eigenvalue weighted by Crippen LogP contribution is -2.18. The van der Waals surface area contributed by atoms with Crippen LogP contribution in [0.1, 0.15) is 56.5 Å². The van der Waals surface area contributed by atoms with Gasteiger partial charge >= 0.3 is 0 Å². The monoisotopic (exact) mass is 544 g/mol. The maximum absolute atomic E-state index is 12.7. The molecule has 5 rings (SSSR count). The fourth-order valence-corrected chi connectivity index (χ4v) is 6.80. The van der Waals surface area contributed by atoms with E-state index in [0.29, 0.717) is 11.7 Å². The molecule has 1 aliphatic rings. The van der Waals surface area contributed by atoms with Crippen LogP contribution in [0.5, 0.6) is 5.75 Å². The van der Waals surface area contributed by atoms with Gasteiger partial charge in [0.15, 0.2) is 5.78 Å². The maximum Gasteiger partial charge on any atom is 0.231 e. The lowest BCUT2D eigenvalue weighted by molar-refractivity contribution is -0.111. The lowest BCUT2D eigenvalue weighted by Gasteiger charge is -2.16. The highest BCUT2D eigenvalue weighted by Crippen LogP contribution is 2.40. The van der Waals surface area contributed by atoms with Crippen molar-refractivity contribution >= 4 is 65.6 Å². The Morgan fingerprint density at radius 3 is 2.58 bits per heavy atom. The van der Waals surface area contributed by atoms with Crippen molar-refractivity contribution in [1.82, 2.24) is 4.98 Å². The van der Waals surface area contributed by atoms with Crippen LogP contribution in [0.4, 0.5) is 16.5 Å². The summed E-state index contributed by atoms with van der Waals surface area (Å²) in [5.74, 6) is 0.867. The molecule has 8 heteroatoms. The second kappa shape index (κ2) is 11.6. The summed E-state index contributed by atoms with van der Waals surface area (Å²) in [4.78, 5) is 21.7. The number of benzene rings is 2. The number of aromatic nitrogens is 1. The first-order valence-corrected chi connectivity index (χ1v) is 14.8. The van der Waals surface area contributed by atoms with E-state index in [-0.39, 0.29) is 5.78 Å². The number of ether oxygens (including phenoxy) is 1. The molecule has 0 spiro atoms. The Labute approximate surface area is 231 Å². The average Bonchev–Trinajstić information content (AvgIpc) is 3.61. The van der Waals surface area contributed by atoms with Crippen LogP contribution in [-0.4, -0.2) is 30.5 Å². The molecule has 2 aromatic heterocycles. The SMILES string of the molecule is CCCCOc1ccc(/C(C(C)=O)=C(\C)c2cc3sc(/N=N/c4ccc5c(c4)CCN5CC)nc3s2)cc1. The van der Waals surface area contributed by atoms with Gasteiger partial charge in [-0.3, -0.25) is 4.79 Å². The highest BCUT2D eigenvalue weighted by atomic mass is 32.1. The van der Waals surface area contributed by atoms with E-state index < -0.39 is 0 Å². The predicted molar refractivity (Wildman–Crippen MR) is 160 cm³/mol. The summed E-state index contributed by atoms with van der Waals surface area (Å²) in [5, 5.41) is 9.51. The Hall–Kier alpha value is -3.36. The van der Waals surface area contributed by atoms with Crippen molar-refractivity contribution in [3.05, 3.63) is 64.5 Å². The van der Waals surface area contributed by atoms with Crippen LogP contribution in [0.15, 0.2) is 58.8 Å². The molecule has 0 N–H and O–H groups in total. The summed E-state index contributed by atoms with van der Waals surface area (Å²) < 4.78 is 6.83. The molecule has 196 valence electrons. The Balaban J connectivity index is 1.35. The number of ketones is 1. The molecule has 0 radical (unpaired) electrons. The van der Waals surface area contributed by atoms with E-state index in [1.165, 1.54) is 22.6 Å². The molecule has 0 bridgehead atoms. The first-order chi connectivity index (χ1) is 18.5. The Morgan fingerprint density at radius 2 is 1.87 bits per heavy atom. The second-order valence-electron chi connectivity index (χ2n) is 9.40. The summed E-state index contributed by atoms with van der Waals surface area (Å²) in [6, 6.07) is 16.2. The highest BCUT2D eigenvalue weighted by molar-refractivity contribution is 7.29. The number of unbranched alkanes of at least 4 members (excludes halogenated alkanes) is 1. The molecule has 1 aliphatic heterocycles. The van der Waals surface area contributed by atoms with Crippen LogP contribution < -0.4 is 9.64 Å². The molecule has 0 saturated heterocycles. The molecule has 0 amide bonds. The molecule has 0 fully saturated rings. The van der Waals surface area contributed by atoms with E-state index in [9.17, 15) is 4.79 Å². The summed E-state index contributed by atoms with van der Waals surface area (Å²) in [6.07, 6.45) is 3.17. The Bertz CT molecular complexity index is 1480. The fraction of sp³-hybridized carbons (Fsp3) is 0.333. The minimum atomic E-state index is 0.0396. The number of anilines is 1. The maximum atomic E-state index is 12.7. The number of thiazole rings is 1. The minimum absolute atomic E-state index is 0.0396. The molecular formula is C30H32N4O2S2.